The zero-order chi connectivity index (χ0) is 71.6. The van der Waals surface area contributed by atoms with E-state index in [4.69, 9.17) is 27.9 Å². The number of nitrogens with zero attached hydrogens (tertiary/aromatic N) is 15. The van der Waals surface area contributed by atoms with Crippen molar-refractivity contribution >= 4 is 108 Å². The highest BCUT2D eigenvalue weighted by Crippen LogP contribution is 2.35. The second-order valence-corrected chi connectivity index (χ2v) is 25.9. The Morgan fingerprint density at radius 3 is 1.53 bits per heavy atom. The van der Waals surface area contributed by atoms with Crippen molar-refractivity contribution in [1.82, 2.24) is 42.0 Å². The Balaban J connectivity index is 0.000000154. The fraction of sp³-hybridized carbons (Fsp3) is 0.284. The number of benzene rings is 6. The van der Waals surface area contributed by atoms with Gasteiger partial charge in [-0.3, -0.25) is 28.8 Å². The average Bonchev–Trinajstić information content (AvgIpc) is 0.907. The van der Waals surface area contributed by atoms with E-state index in [-0.39, 0.29) is 57.9 Å². The molecule has 3 aliphatic heterocycles. The summed E-state index contributed by atoms with van der Waals surface area (Å²) in [6.07, 6.45) is 0.778. The van der Waals surface area contributed by atoms with E-state index in [2.05, 4.69) is 37.2 Å². The molecule has 0 spiro atoms. The molecule has 4 aromatic heterocycles. The third-order valence-corrected chi connectivity index (χ3v) is 19.2. The molecule has 0 unspecified atom stereocenters. The van der Waals surface area contributed by atoms with Crippen LogP contribution in [0.5, 0.6) is 5.75 Å². The predicted molar refractivity (Wildman–Crippen MR) is 392 cm³/mol. The Morgan fingerprint density at radius 1 is 0.564 bits per heavy atom. The van der Waals surface area contributed by atoms with Crippen molar-refractivity contribution in [2.45, 2.75) is 19.5 Å². The summed E-state index contributed by atoms with van der Waals surface area (Å²) in [6.45, 7) is 7.37. The van der Waals surface area contributed by atoms with E-state index in [0.717, 1.165) is 57.4 Å². The van der Waals surface area contributed by atoms with Crippen LogP contribution in [0.2, 0.25) is 10.0 Å². The SMILES string of the molecule is CN(C)CCCn1c(=O)c(C#N)c(N2CCN(C(=O)c3ccc(Cl)cc3)CC2)c2cc(Cl)ccc21.CNc1nsnc1C(=O)N1CCN(c2c(C#N)c(=O)n(C)c3ccccc23)CC1.COc1ccc(C(=O)N2CCN(c3c(C#N)c(=O)n(Cc4ccc(F)cc4)c4ccccc34)CC2)cc1. The van der Waals surface area contributed by atoms with Gasteiger partial charge in [-0.2, -0.15) is 24.5 Å². The lowest BCUT2D eigenvalue weighted by Crippen LogP contribution is -2.49. The summed E-state index contributed by atoms with van der Waals surface area (Å²) in [5, 5.41) is 36.1. The predicted octanol–water partition coefficient (Wildman–Crippen LogP) is 9.39. The van der Waals surface area contributed by atoms with Gasteiger partial charge in [-0.1, -0.05) is 71.7 Å². The summed E-state index contributed by atoms with van der Waals surface area (Å²) in [6, 6.07) is 46.7. The molecule has 0 aliphatic carbocycles. The lowest BCUT2D eigenvalue weighted by Gasteiger charge is -2.37. The van der Waals surface area contributed by atoms with Gasteiger partial charge >= 0.3 is 0 Å². The van der Waals surface area contributed by atoms with Crippen LogP contribution in [0, 0.1) is 39.8 Å². The second-order valence-electron chi connectivity index (χ2n) is 24.5. The van der Waals surface area contributed by atoms with Crippen molar-refractivity contribution in [3.8, 4) is 24.0 Å². The molecule has 0 atom stereocenters. The minimum absolute atomic E-state index is 0.0639. The Labute approximate surface area is 595 Å². The molecule has 1 N–H and O–H groups in total. The normalized spacial score (nSPS) is 13.8. The number of hydrogen-bond donors (Lipinski definition) is 1. The van der Waals surface area contributed by atoms with Crippen LogP contribution in [0.1, 0.15) is 59.9 Å². The van der Waals surface area contributed by atoms with Crippen molar-refractivity contribution < 1.29 is 23.5 Å². The molecular weight excluding hydrogens is 1350 g/mol. The van der Waals surface area contributed by atoms with Gasteiger partial charge in [0.15, 0.2) is 11.5 Å². The number of carbonyl (C=O) groups is 3. The minimum atomic E-state index is -0.391. The number of aromatic nitrogens is 5. The molecule has 3 fully saturated rings. The van der Waals surface area contributed by atoms with Crippen LogP contribution < -0.4 is 41.4 Å². The summed E-state index contributed by atoms with van der Waals surface area (Å²) in [7, 11) is 8.93. The van der Waals surface area contributed by atoms with Gasteiger partial charge in [0.05, 0.1) is 59.0 Å². The van der Waals surface area contributed by atoms with Gasteiger partial charge in [0, 0.05) is 137 Å². The van der Waals surface area contributed by atoms with E-state index in [1.54, 1.807) is 112 Å². The van der Waals surface area contributed by atoms with Crippen LogP contribution in [0.3, 0.4) is 0 Å². The highest BCUT2D eigenvalue weighted by atomic mass is 35.5. The fourth-order valence-corrected chi connectivity index (χ4v) is 13.8. The molecule has 0 bridgehead atoms. The summed E-state index contributed by atoms with van der Waals surface area (Å²) < 4.78 is 31.5. The number of nitriles is 3. The number of ether oxygens (including phenoxy) is 1. The van der Waals surface area contributed by atoms with Crippen LogP contribution in [0.25, 0.3) is 32.7 Å². The molecule has 0 radical (unpaired) electrons. The Morgan fingerprint density at radius 2 is 1.02 bits per heavy atom. The smallest absolute Gasteiger partial charge is 0.277 e. The first kappa shape index (κ1) is 71.2. The van der Waals surface area contributed by atoms with Crippen molar-refractivity contribution in [2.24, 2.45) is 7.05 Å². The minimum Gasteiger partial charge on any atom is -0.497 e. The number of pyridine rings is 3. The number of anilines is 4. The van der Waals surface area contributed by atoms with E-state index >= 15 is 0 Å². The first-order valence-corrected chi connectivity index (χ1v) is 34.1. The maximum atomic E-state index is 13.5. The molecule has 10 aromatic rings. The van der Waals surface area contributed by atoms with Crippen molar-refractivity contribution in [2.75, 3.05) is 133 Å². The molecule has 13 rings (SSSR count). The number of aryl methyl sites for hydroxylation is 2. The van der Waals surface area contributed by atoms with Crippen LogP contribution in [0.15, 0.2) is 154 Å². The molecule has 6 aromatic carbocycles. The van der Waals surface area contributed by atoms with Gasteiger partial charge < -0.3 is 58.1 Å². The molecule has 101 heavy (non-hydrogen) atoms. The zero-order valence-electron chi connectivity index (χ0n) is 56.2. The van der Waals surface area contributed by atoms with Crippen LogP contribution in [-0.2, 0) is 20.1 Å². The van der Waals surface area contributed by atoms with Gasteiger partial charge in [0.25, 0.3) is 34.4 Å². The third kappa shape index (κ3) is 15.2. The fourth-order valence-electron chi connectivity index (χ4n) is 13.0. The number of hydrogen-bond acceptors (Lipinski definition) is 18. The number of rotatable bonds is 14. The van der Waals surface area contributed by atoms with Crippen molar-refractivity contribution in [3.63, 3.8) is 0 Å². The highest BCUT2D eigenvalue weighted by Gasteiger charge is 2.32. The molecule has 3 saturated heterocycles. The Kier molecular flexibility index (Phi) is 22.4. The molecular formula is C74H71Cl2FN16O7S. The van der Waals surface area contributed by atoms with E-state index in [0.29, 0.717) is 146 Å². The first-order valence-electron chi connectivity index (χ1n) is 32.6. The van der Waals surface area contributed by atoms with E-state index in [9.17, 15) is 48.9 Å². The van der Waals surface area contributed by atoms with Gasteiger partial charge in [0.1, 0.15) is 46.5 Å². The number of nitrogens with one attached hydrogen (secondary N) is 1. The Bertz CT molecular complexity index is 5080. The number of para-hydroxylation sites is 2. The van der Waals surface area contributed by atoms with Crippen LogP contribution in [-0.4, -0.2) is 173 Å². The van der Waals surface area contributed by atoms with Crippen molar-refractivity contribution in [1.29, 1.82) is 15.8 Å². The molecule has 3 aliphatic rings. The van der Waals surface area contributed by atoms with E-state index in [1.807, 2.05) is 89.5 Å². The molecule has 27 heteroatoms. The summed E-state index contributed by atoms with van der Waals surface area (Å²) in [5.74, 6) is 0.516. The average molecular weight is 1420 g/mol. The molecule has 23 nitrogen and oxygen atoms in total. The summed E-state index contributed by atoms with van der Waals surface area (Å²) in [4.78, 5) is 91.8. The Hall–Kier alpha value is -11.1. The topological polar surface area (TPSA) is 258 Å². The van der Waals surface area contributed by atoms with Gasteiger partial charge in [0.2, 0.25) is 0 Å². The largest absolute Gasteiger partial charge is 0.497 e. The number of fused-ring (bicyclic) bond motifs is 3. The van der Waals surface area contributed by atoms with Gasteiger partial charge in [-0.05, 0) is 124 Å². The number of carbonyl (C=O) groups excluding carboxylic acids is 3. The standard InChI is InChI=1S/C29H25FN4O3.C26H27Cl2N5O2.C19H19N7O2S/c1-37-23-12-8-21(9-13-23)28(35)33-16-14-32(15-17-33)27-24-4-2-3-5-26(24)34(29(36)25(27)18-31)19-20-6-10-22(30)11-7-20;1-30(2)10-3-11-33-23-9-8-20(28)16-21(23)24(22(17-29)26(33)35)31-12-14-32(15-13-31)25(34)18-4-6-19(27)7-5-18;1-21-17-15(22-29-23-17)19(28)26-9-7-25(8-10-26)16-12-5-3-4-6-14(12)24(2)18(27)13(16)11-20/h2-13H,14-17,19H2,1H3;4-9,16H,3,10-15H2,1-2H3;3-6H,7-10H2,1-2H3,(H,21,23). The van der Waals surface area contributed by atoms with Crippen molar-refractivity contribution in [3.05, 3.63) is 226 Å². The maximum Gasteiger partial charge on any atom is 0.277 e. The maximum absolute atomic E-state index is 13.5. The molecule has 3 amide bonds. The first-order chi connectivity index (χ1) is 48.9. The monoisotopic (exact) mass is 1420 g/mol. The van der Waals surface area contributed by atoms with Gasteiger partial charge in [-0.25, -0.2) is 4.39 Å². The number of piperazine rings is 3. The quantitative estimate of drug-likeness (QED) is 0.106. The third-order valence-electron chi connectivity index (χ3n) is 18.2. The highest BCUT2D eigenvalue weighted by molar-refractivity contribution is 6.99. The summed E-state index contributed by atoms with van der Waals surface area (Å²) in [5.41, 5.74) is 5.62. The molecule has 0 saturated carbocycles. The number of halogens is 3. The van der Waals surface area contributed by atoms with Crippen LogP contribution >= 0.6 is 34.9 Å². The molecule has 516 valence electrons. The number of amides is 3. The molecule has 7 heterocycles. The summed E-state index contributed by atoms with van der Waals surface area (Å²) >= 11 is 13.3. The number of methoxy groups -OCH3 is 1. The van der Waals surface area contributed by atoms with Gasteiger partial charge in [-0.15, -0.1) is 0 Å². The van der Waals surface area contributed by atoms with E-state index in [1.165, 1.54) is 16.7 Å². The van der Waals surface area contributed by atoms with E-state index < -0.39 is 5.56 Å². The van der Waals surface area contributed by atoms with Crippen LogP contribution in [0.4, 0.5) is 27.3 Å². The zero-order valence-corrected chi connectivity index (χ0v) is 58.5. The lowest BCUT2D eigenvalue weighted by atomic mass is 10.1. The second kappa shape index (κ2) is 31.8. The lowest BCUT2D eigenvalue weighted by molar-refractivity contribution is 0.0736.